The van der Waals surface area contributed by atoms with Gasteiger partial charge in [0.15, 0.2) is 0 Å². The van der Waals surface area contributed by atoms with Crippen molar-refractivity contribution < 1.29 is 41.3 Å². The summed E-state index contributed by atoms with van der Waals surface area (Å²) in [4.78, 5) is 0. The molecule has 0 aliphatic heterocycles. The predicted molar refractivity (Wildman–Crippen MR) is 11.7 cm³/mol. The molecule has 0 radical (unpaired) electrons. The van der Waals surface area contributed by atoms with E-state index in [0.717, 1.165) is 0 Å². The van der Waals surface area contributed by atoms with Crippen LogP contribution in [-0.4, -0.2) is 7.32 Å². The van der Waals surface area contributed by atoms with Crippen molar-refractivity contribution in [3.63, 3.8) is 0 Å². The maximum atomic E-state index is 8.42. The van der Waals surface area contributed by atoms with Crippen LogP contribution in [0.4, 0.5) is 0 Å². The molecule has 0 amide bonds. The molecule has 0 bridgehead atoms. The standard InChI is InChI=1S/BO3.H3N.Zr/c2-1(3)4;;/h;1H3;/q-3;;+2/p+1. The first kappa shape index (κ1) is 15.8. The van der Waals surface area contributed by atoms with Crippen molar-refractivity contribution in [2.24, 2.45) is 0 Å². The topological polar surface area (TPSA) is 106 Å². The van der Waals surface area contributed by atoms with E-state index in [-0.39, 0.29) is 32.4 Å². The summed E-state index contributed by atoms with van der Waals surface area (Å²) in [7, 11) is -2.92. The van der Waals surface area contributed by atoms with Crippen LogP contribution in [0, 0.1) is 0 Å². The van der Waals surface area contributed by atoms with E-state index >= 15 is 0 Å². The third kappa shape index (κ3) is 111. The van der Waals surface area contributed by atoms with Gasteiger partial charge in [0.1, 0.15) is 0 Å². The molecule has 0 heterocycles. The Labute approximate surface area is 55.1 Å². The van der Waals surface area contributed by atoms with Gasteiger partial charge >= 0.3 is 26.2 Å². The van der Waals surface area contributed by atoms with E-state index in [1.165, 1.54) is 0 Å². The molecule has 0 aromatic rings. The Hall–Kier alpha value is 0.788. The van der Waals surface area contributed by atoms with Gasteiger partial charge in [0.25, 0.3) is 0 Å². The second kappa shape index (κ2) is 9.25. The molecule has 4 N–H and O–H groups in total. The molecule has 0 spiro atoms. The first-order valence-electron chi connectivity index (χ1n) is 0.707. The predicted octanol–water partition coefficient (Wildman–Crippen LogP) is -3.57. The number of hydrogen-bond acceptors (Lipinski definition) is 3. The molecular weight excluding hydrogens is 164 g/mol. The van der Waals surface area contributed by atoms with Gasteiger partial charge < -0.3 is 21.2 Å². The summed E-state index contributed by atoms with van der Waals surface area (Å²) >= 11 is 0. The first-order valence-corrected chi connectivity index (χ1v) is 0.707. The normalized spacial score (nSPS) is 4.50. The zero-order valence-electron chi connectivity index (χ0n) is 3.30. The minimum Gasteiger partial charge on any atom is -0.907 e. The van der Waals surface area contributed by atoms with Gasteiger partial charge in [-0.2, -0.15) is 0 Å². The summed E-state index contributed by atoms with van der Waals surface area (Å²) in [6.07, 6.45) is 0. The monoisotopic (exact) mass is 167 g/mol. The van der Waals surface area contributed by atoms with E-state index in [2.05, 4.69) is 0 Å². The second-order valence-corrected chi connectivity index (χ2v) is 0.289. The van der Waals surface area contributed by atoms with E-state index in [1.807, 2.05) is 0 Å². The van der Waals surface area contributed by atoms with Crippen molar-refractivity contribution in [3.05, 3.63) is 0 Å². The number of rotatable bonds is 0. The van der Waals surface area contributed by atoms with Gasteiger partial charge in [0, 0.05) is 0 Å². The fraction of sp³-hybridized carbons (Fsp3) is 0. The van der Waals surface area contributed by atoms with Crippen LogP contribution in [0.3, 0.4) is 0 Å². The fourth-order valence-electron chi connectivity index (χ4n) is 0. The Balaban J connectivity index is -0.0000000450. The summed E-state index contributed by atoms with van der Waals surface area (Å²) in [5, 5.41) is 25.2. The van der Waals surface area contributed by atoms with Crippen LogP contribution in [0.5, 0.6) is 0 Å². The summed E-state index contributed by atoms with van der Waals surface area (Å²) in [6.45, 7) is 0. The molecule has 0 aliphatic carbocycles. The molecular formula is H4BNO3Zr. The van der Waals surface area contributed by atoms with E-state index < -0.39 is 7.32 Å². The molecule has 6 heavy (non-hydrogen) atoms. The third-order valence-electron chi connectivity index (χ3n) is 0. The van der Waals surface area contributed by atoms with Crippen LogP contribution in [0.15, 0.2) is 0 Å². The van der Waals surface area contributed by atoms with Gasteiger partial charge in [0.2, 0.25) is 0 Å². The van der Waals surface area contributed by atoms with Crippen molar-refractivity contribution in [1.29, 1.82) is 0 Å². The van der Waals surface area contributed by atoms with Crippen molar-refractivity contribution in [1.82, 2.24) is 6.15 Å². The molecule has 4 nitrogen and oxygen atoms in total. The molecule has 0 saturated heterocycles. The van der Waals surface area contributed by atoms with Crippen LogP contribution >= 0.6 is 0 Å². The molecule has 0 saturated carbocycles. The number of quaternary nitrogens is 1. The molecule has 0 fully saturated rings. The fourth-order valence-corrected chi connectivity index (χ4v) is 0. The molecule has 0 rings (SSSR count). The van der Waals surface area contributed by atoms with Gasteiger partial charge in [-0.15, -0.1) is 0 Å². The van der Waals surface area contributed by atoms with Crippen LogP contribution in [0.1, 0.15) is 0 Å². The van der Waals surface area contributed by atoms with Crippen molar-refractivity contribution in [2.75, 3.05) is 0 Å². The summed E-state index contributed by atoms with van der Waals surface area (Å²) in [6, 6.07) is 0. The Morgan fingerprint density at radius 1 is 1.00 bits per heavy atom. The maximum Gasteiger partial charge on any atom is 2.00 e. The average molecular weight is 168 g/mol. The summed E-state index contributed by atoms with van der Waals surface area (Å²) in [5.74, 6) is 0. The zero-order chi connectivity index (χ0) is 3.58. The first-order chi connectivity index (χ1) is 1.73. The molecule has 0 aliphatic rings. The maximum absolute atomic E-state index is 8.42. The molecule has 0 unspecified atom stereocenters. The van der Waals surface area contributed by atoms with Gasteiger partial charge in [0.05, 0.1) is 0 Å². The minimum absolute atomic E-state index is 0. The Morgan fingerprint density at radius 2 is 1.00 bits per heavy atom. The largest absolute Gasteiger partial charge is 2.00 e. The van der Waals surface area contributed by atoms with Crippen molar-refractivity contribution >= 4 is 7.32 Å². The third-order valence-corrected chi connectivity index (χ3v) is 0. The molecule has 0 atom stereocenters. The quantitative estimate of drug-likeness (QED) is 0.378. The van der Waals surface area contributed by atoms with E-state index in [0.29, 0.717) is 0 Å². The molecule has 0 aromatic carbocycles. The summed E-state index contributed by atoms with van der Waals surface area (Å²) in [5.41, 5.74) is 0. The van der Waals surface area contributed by atoms with E-state index in [9.17, 15) is 0 Å². The minimum atomic E-state index is -2.92. The second-order valence-electron chi connectivity index (χ2n) is 0.289. The van der Waals surface area contributed by atoms with Crippen LogP contribution < -0.4 is 21.2 Å². The van der Waals surface area contributed by atoms with E-state index in [1.54, 1.807) is 0 Å². The van der Waals surface area contributed by atoms with Gasteiger partial charge in [-0.25, -0.2) is 0 Å². The van der Waals surface area contributed by atoms with Crippen LogP contribution in [-0.2, 0) is 26.2 Å². The Morgan fingerprint density at radius 3 is 1.00 bits per heavy atom. The van der Waals surface area contributed by atoms with Crippen LogP contribution in [0.2, 0.25) is 0 Å². The van der Waals surface area contributed by atoms with Gasteiger partial charge in [-0.1, -0.05) is 0 Å². The van der Waals surface area contributed by atoms with Gasteiger partial charge in [-0.05, 0) is 0 Å². The molecule has 0 aromatic heterocycles. The smallest absolute Gasteiger partial charge is 0.907 e. The van der Waals surface area contributed by atoms with Crippen molar-refractivity contribution in [3.8, 4) is 0 Å². The van der Waals surface area contributed by atoms with Crippen molar-refractivity contribution in [2.45, 2.75) is 0 Å². The molecule has 34 valence electrons. The van der Waals surface area contributed by atoms with Gasteiger partial charge in [-0.3, -0.25) is 7.32 Å². The molecule has 6 heteroatoms. The zero-order valence-corrected chi connectivity index (χ0v) is 5.76. The van der Waals surface area contributed by atoms with Crippen LogP contribution in [0.25, 0.3) is 0 Å². The SMILES string of the molecule is [NH4+].[O-]B([O-])[O-].[Zr+2]. The Kier molecular flexibility index (Phi) is 24.4. The number of hydrogen-bond donors (Lipinski definition) is 1. The summed E-state index contributed by atoms with van der Waals surface area (Å²) < 4.78 is 0. The average Bonchev–Trinajstić information content (AvgIpc) is 0.811. The van der Waals surface area contributed by atoms with E-state index in [4.69, 9.17) is 15.1 Å². The Bertz CT molecular complexity index is 15.5.